The minimum atomic E-state index is 0.655. The molecule has 11 rings (SSSR count). The topological polar surface area (TPSA) is 38.7 Å². The molecule has 0 aliphatic heterocycles. The highest BCUT2D eigenvalue weighted by Crippen LogP contribution is 2.48. The Bertz CT molecular complexity index is 3090. The summed E-state index contributed by atoms with van der Waals surface area (Å²) in [6.07, 6.45) is 0.872. The zero-order valence-corrected chi connectivity index (χ0v) is 30.0. The normalized spacial score (nSPS) is 12.0. The highest BCUT2D eigenvalue weighted by atomic mass is 32.1. The third-order valence-electron chi connectivity index (χ3n) is 10.8. The maximum absolute atomic E-state index is 5.40. The van der Waals surface area contributed by atoms with Gasteiger partial charge in [0.1, 0.15) is 0 Å². The van der Waals surface area contributed by atoms with Crippen LogP contribution in [0.15, 0.2) is 176 Å². The van der Waals surface area contributed by atoms with Crippen LogP contribution in [0.1, 0.15) is 11.1 Å². The molecule has 3 nitrogen and oxygen atoms in total. The molecule has 0 saturated carbocycles. The second kappa shape index (κ2) is 12.4. The summed E-state index contributed by atoms with van der Waals surface area (Å²) in [5.41, 5.74) is 12.8. The van der Waals surface area contributed by atoms with Crippen molar-refractivity contribution in [1.29, 1.82) is 0 Å². The van der Waals surface area contributed by atoms with Crippen molar-refractivity contribution in [2.45, 2.75) is 6.42 Å². The number of fused-ring (bicyclic) bond motifs is 7. The Labute approximate surface area is 316 Å². The summed E-state index contributed by atoms with van der Waals surface area (Å²) < 4.78 is 2.55. The lowest BCUT2D eigenvalue weighted by Gasteiger charge is -2.16. The highest BCUT2D eigenvalue weighted by molar-refractivity contribution is 7.26. The Morgan fingerprint density at radius 2 is 0.963 bits per heavy atom. The van der Waals surface area contributed by atoms with E-state index in [1.54, 1.807) is 0 Å². The lowest BCUT2D eigenvalue weighted by Crippen LogP contribution is -2.02. The van der Waals surface area contributed by atoms with Crippen molar-refractivity contribution in [2.75, 3.05) is 0 Å². The van der Waals surface area contributed by atoms with Crippen LogP contribution in [0.25, 0.3) is 98.5 Å². The van der Waals surface area contributed by atoms with Gasteiger partial charge < -0.3 is 0 Å². The quantitative estimate of drug-likeness (QED) is 0.179. The summed E-state index contributed by atoms with van der Waals surface area (Å²) in [6.45, 7) is 0. The van der Waals surface area contributed by atoms with Crippen LogP contribution in [-0.4, -0.2) is 15.0 Å². The first-order valence-electron chi connectivity index (χ1n) is 18.3. The molecule has 4 heteroatoms. The molecular weight excluding hydrogens is 675 g/mol. The zero-order valence-electron chi connectivity index (χ0n) is 29.2. The Kier molecular flexibility index (Phi) is 7.10. The Morgan fingerprint density at radius 1 is 0.370 bits per heavy atom. The SMILES string of the molecule is c1ccc(-c2cccc3c2-c2c(cccc2-c2nc(-c4ccc5ccccc5c4)nc(-c4ccccc4-c4cccc5c4sc4ccccc45)n2)C3)cc1. The van der Waals surface area contributed by atoms with E-state index in [0.29, 0.717) is 17.5 Å². The van der Waals surface area contributed by atoms with Crippen molar-refractivity contribution in [3.05, 3.63) is 187 Å². The van der Waals surface area contributed by atoms with Crippen LogP contribution in [0.3, 0.4) is 0 Å². The van der Waals surface area contributed by atoms with E-state index in [1.807, 2.05) is 11.3 Å². The predicted octanol–water partition coefficient (Wildman–Crippen LogP) is 13.3. The number of hydrogen-bond acceptors (Lipinski definition) is 4. The number of hydrogen-bond donors (Lipinski definition) is 0. The maximum atomic E-state index is 5.40. The molecule has 0 amide bonds. The van der Waals surface area contributed by atoms with Crippen LogP contribution in [-0.2, 0) is 6.42 Å². The third-order valence-corrected chi connectivity index (χ3v) is 12.0. The number of thiophene rings is 1. The molecule has 2 aromatic heterocycles. The molecule has 1 aliphatic carbocycles. The summed E-state index contributed by atoms with van der Waals surface area (Å²) in [7, 11) is 0. The van der Waals surface area contributed by atoms with E-state index in [4.69, 9.17) is 15.0 Å². The molecule has 0 spiro atoms. The van der Waals surface area contributed by atoms with Gasteiger partial charge in [-0.2, -0.15) is 0 Å². The molecular formula is C50H31N3S. The fourth-order valence-electron chi connectivity index (χ4n) is 8.28. The molecule has 0 saturated heterocycles. The largest absolute Gasteiger partial charge is 0.208 e. The van der Waals surface area contributed by atoms with Gasteiger partial charge in [0.25, 0.3) is 0 Å². The Morgan fingerprint density at radius 3 is 1.81 bits per heavy atom. The minimum Gasteiger partial charge on any atom is -0.208 e. The van der Waals surface area contributed by atoms with Crippen molar-refractivity contribution in [3.8, 4) is 67.5 Å². The van der Waals surface area contributed by atoms with Crippen LogP contribution in [0.4, 0.5) is 0 Å². The van der Waals surface area contributed by atoms with E-state index in [-0.39, 0.29) is 0 Å². The first kappa shape index (κ1) is 30.8. The van der Waals surface area contributed by atoms with Gasteiger partial charge in [-0.05, 0) is 68.3 Å². The molecule has 0 unspecified atom stereocenters. The van der Waals surface area contributed by atoms with Gasteiger partial charge in [0.2, 0.25) is 0 Å². The first-order valence-corrected chi connectivity index (χ1v) is 19.1. The van der Waals surface area contributed by atoms with Crippen LogP contribution < -0.4 is 0 Å². The van der Waals surface area contributed by atoms with E-state index in [1.165, 1.54) is 64.5 Å². The molecule has 0 radical (unpaired) electrons. The molecule has 1 aliphatic rings. The van der Waals surface area contributed by atoms with E-state index in [0.717, 1.165) is 34.1 Å². The fraction of sp³-hybridized carbons (Fsp3) is 0.0200. The molecule has 0 fully saturated rings. The van der Waals surface area contributed by atoms with Gasteiger partial charge in [0, 0.05) is 42.4 Å². The average Bonchev–Trinajstić information content (AvgIpc) is 3.82. The van der Waals surface area contributed by atoms with Gasteiger partial charge in [-0.15, -0.1) is 11.3 Å². The van der Waals surface area contributed by atoms with Crippen LogP contribution in [0.2, 0.25) is 0 Å². The lowest BCUT2D eigenvalue weighted by atomic mass is 9.91. The van der Waals surface area contributed by atoms with Gasteiger partial charge in [-0.25, -0.2) is 15.0 Å². The average molecular weight is 706 g/mol. The predicted molar refractivity (Wildman–Crippen MR) is 226 cm³/mol. The monoisotopic (exact) mass is 705 g/mol. The van der Waals surface area contributed by atoms with Crippen LogP contribution in [0.5, 0.6) is 0 Å². The van der Waals surface area contributed by atoms with Gasteiger partial charge >= 0.3 is 0 Å². The molecule has 54 heavy (non-hydrogen) atoms. The number of aromatic nitrogens is 3. The fourth-order valence-corrected chi connectivity index (χ4v) is 9.51. The van der Waals surface area contributed by atoms with Crippen molar-refractivity contribution in [2.24, 2.45) is 0 Å². The third kappa shape index (κ3) is 4.99. The zero-order chi connectivity index (χ0) is 35.6. The van der Waals surface area contributed by atoms with Crippen molar-refractivity contribution in [3.63, 3.8) is 0 Å². The van der Waals surface area contributed by atoms with Gasteiger partial charge in [-0.3, -0.25) is 0 Å². The second-order valence-corrected chi connectivity index (χ2v) is 15.0. The number of benzene rings is 8. The molecule has 0 bridgehead atoms. The molecule has 0 atom stereocenters. The highest BCUT2D eigenvalue weighted by Gasteiger charge is 2.27. The summed E-state index contributed by atoms with van der Waals surface area (Å²) in [4.78, 5) is 16.0. The van der Waals surface area contributed by atoms with Gasteiger partial charge in [0.05, 0.1) is 0 Å². The summed E-state index contributed by atoms with van der Waals surface area (Å²) in [5.74, 6) is 1.98. The molecule has 10 aromatic rings. The van der Waals surface area contributed by atoms with Crippen molar-refractivity contribution >= 4 is 42.3 Å². The van der Waals surface area contributed by atoms with E-state index < -0.39 is 0 Å². The van der Waals surface area contributed by atoms with Crippen LogP contribution in [0, 0.1) is 0 Å². The standard InChI is InChI=1S/C50H31N3S/c1-2-14-32(15-3-1)37-22-10-17-34-30-35-18-11-25-43(46(35)45(34)37)50-52-48(36-28-27-31-13-4-5-16-33(31)29-36)51-49(53-50)42-21-7-6-19-38(42)40-23-12-24-41-39-20-8-9-26-44(39)54-47(40)41/h1-29H,30H2. The van der Waals surface area contributed by atoms with E-state index in [9.17, 15) is 0 Å². The summed E-state index contributed by atoms with van der Waals surface area (Å²) in [5, 5.41) is 4.88. The maximum Gasteiger partial charge on any atom is 0.164 e. The smallest absolute Gasteiger partial charge is 0.164 e. The van der Waals surface area contributed by atoms with E-state index in [2.05, 4.69) is 176 Å². The van der Waals surface area contributed by atoms with Gasteiger partial charge in [-0.1, -0.05) is 164 Å². The Hall–Kier alpha value is -6.75. The van der Waals surface area contributed by atoms with Crippen molar-refractivity contribution < 1.29 is 0 Å². The molecule has 0 N–H and O–H groups in total. The van der Waals surface area contributed by atoms with E-state index >= 15 is 0 Å². The second-order valence-electron chi connectivity index (χ2n) is 13.9. The first-order chi connectivity index (χ1) is 26.8. The number of rotatable bonds is 5. The Balaban J connectivity index is 1.16. The summed E-state index contributed by atoms with van der Waals surface area (Å²) in [6, 6.07) is 62.8. The number of nitrogens with zero attached hydrogens (tertiary/aromatic N) is 3. The minimum absolute atomic E-state index is 0.655. The molecule has 252 valence electrons. The van der Waals surface area contributed by atoms with Gasteiger partial charge in [0.15, 0.2) is 17.5 Å². The van der Waals surface area contributed by atoms with Crippen LogP contribution >= 0.6 is 11.3 Å². The summed E-state index contributed by atoms with van der Waals surface area (Å²) >= 11 is 1.84. The van der Waals surface area contributed by atoms with Crippen molar-refractivity contribution in [1.82, 2.24) is 15.0 Å². The molecule has 2 heterocycles. The lowest BCUT2D eigenvalue weighted by molar-refractivity contribution is 1.07. The molecule has 8 aromatic carbocycles.